The van der Waals surface area contributed by atoms with Gasteiger partial charge in [-0.1, -0.05) is 19.1 Å². The number of methoxy groups -OCH3 is 1. The molecule has 0 aromatic heterocycles. The van der Waals surface area contributed by atoms with E-state index in [0.29, 0.717) is 12.3 Å². The van der Waals surface area contributed by atoms with Crippen molar-refractivity contribution in [2.24, 2.45) is 5.73 Å². The van der Waals surface area contributed by atoms with Gasteiger partial charge >= 0.3 is 0 Å². The van der Waals surface area contributed by atoms with Gasteiger partial charge in [-0.15, -0.1) is 17.0 Å². The van der Waals surface area contributed by atoms with E-state index in [1.165, 1.54) is 13.2 Å². The van der Waals surface area contributed by atoms with Crippen LogP contribution in [-0.4, -0.2) is 13.7 Å². The Bertz CT molecular complexity index is 293. The molecule has 0 radical (unpaired) electrons. The molecular formula is C10H15BrFNO. The SMILES string of the molecule is Br.COc1c(F)cccc1C(C)CN. The lowest BCUT2D eigenvalue weighted by atomic mass is 10.0. The molecule has 1 unspecified atom stereocenters. The number of para-hydroxylation sites is 1. The molecule has 80 valence electrons. The monoisotopic (exact) mass is 263 g/mol. The Morgan fingerprint density at radius 1 is 1.50 bits per heavy atom. The van der Waals surface area contributed by atoms with E-state index in [2.05, 4.69) is 0 Å². The molecule has 14 heavy (non-hydrogen) atoms. The minimum Gasteiger partial charge on any atom is -0.493 e. The second-order valence-electron chi connectivity index (χ2n) is 3.00. The quantitative estimate of drug-likeness (QED) is 0.910. The predicted molar refractivity (Wildman–Crippen MR) is 60.7 cm³/mol. The van der Waals surface area contributed by atoms with Gasteiger partial charge < -0.3 is 10.5 Å². The molecule has 0 bridgehead atoms. The standard InChI is InChI=1S/C10H14FNO.BrH/c1-7(6-12)8-4-3-5-9(11)10(8)13-2;/h3-5,7H,6,12H2,1-2H3;1H. The molecule has 1 atom stereocenters. The minimum absolute atomic E-state index is 0. The molecule has 0 spiro atoms. The van der Waals surface area contributed by atoms with Crippen molar-refractivity contribution in [2.75, 3.05) is 13.7 Å². The smallest absolute Gasteiger partial charge is 0.165 e. The maximum absolute atomic E-state index is 13.2. The normalized spacial score (nSPS) is 11.7. The van der Waals surface area contributed by atoms with Crippen LogP contribution >= 0.6 is 17.0 Å². The highest BCUT2D eigenvalue weighted by Crippen LogP contribution is 2.28. The van der Waals surface area contributed by atoms with Crippen molar-refractivity contribution in [2.45, 2.75) is 12.8 Å². The summed E-state index contributed by atoms with van der Waals surface area (Å²) in [5.74, 6) is 0.0893. The summed E-state index contributed by atoms with van der Waals surface area (Å²) < 4.78 is 18.1. The Balaban J connectivity index is 0.00000169. The number of halogens is 2. The Labute approximate surface area is 94.0 Å². The Morgan fingerprint density at radius 3 is 2.64 bits per heavy atom. The maximum Gasteiger partial charge on any atom is 0.165 e. The summed E-state index contributed by atoms with van der Waals surface area (Å²) in [6, 6.07) is 4.88. The van der Waals surface area contributed by atoms with Gasteiger partial charge in [0.1, 0.15) is 0 Å². The summed E-state index contributed by atoms with van der Waals surface area (Å²) in [6.07, 6.45) is 0. The van der Waals surface area contributed by atoms with Gasteiger partial charge in [0, 0.05) is 5.56 Å². The van der Waals surface area contributed by atoms with Gasteiger partial charge in [0.05, 0.1) is 7.11 Å². The summed E-state index contributed by atoms with van der Waals surface area (Å²) in [7, 11) is 1.46. The Kier molecular flexibility index (Phi) is 5.72. The lowest BCUT2D eigenvalue weighted by Crippen LogP contribution is -2.10. The first-order valence-electron chi connectivity index (χ1n) is 4.23. The van der Waals surface area contributed by atoms with Crippen LogP contribution in [0, 0.1) is 5.82 Å². The fourth-order valence-electron chi connectivity index (χ4n) is 1.26. The van der Waals surface area contributed by atoms with Crippen LogP contribution in [0.15, 0.2) is 18.2 Å². The fourth-order valence-corrected chi connectivity index (χ4v) is 1.26. The Hall–Kier alpha value is -0.610. The number of nitrogens with two attached hydrogens (primary N) is 1. The van der Waals surface area contributed by atoms with Crippen LogP contribution < -0.4 is 10.5 Å². The van der Waals surface area contributed by atoms with Gasteiger partial charge in [0.15, 0.2) is 11.6 Å². The predicted octanol–water partition coefficient (Wildman–Crippen LogP) is 2.47. The third-order valence-corrected chi connectivity index (χ3v) is 2.09. The molecule has 4 heteroatoms. The van der Waals surface area contributed by atoms with Crippen molar-refractivity contribution >= 4 is 17.0 Å². The number of hydrogen-bond acceptors (Lipinski definition) is 2. The van der Waals surface area contributed by atoms with E-state index in [9.17, 15) is 4.39 Å². The van der Waals surface area contributed by atoms with Crippen LogP contribution in [0.25, 0.3) is 0 Å². The van der Waals surface area contributed by atoms with Crippen molar-refractivity contribution in [3.63, 3.8) is 0 Å². The van der Waals surface area contributed by atoms with E-state index in [4.69, 9.17) is 10.5 Å². The third kappa shape index (κ3) is 2.69. The third-order valence-electron chi connectivity index (χ3n) is 2.09. The largest absolute Gasteiger partial charge is 0.493 e. The molecule has 1 rings (SSSR count). The highest BCUT2D eigenvalue weighted by Gasteiger charge is 2.12. The second kappa shape index (κ2) is 5.98. The van der Waals surface area contributed by atoms with E-state index in [-0.39, 0.29) is 28.7 Å². The highest BCUT2D eigenvalue weighted by atomic mass is 79.9. The van der Waals surface area contributed by atoms with E-state index in [0.717, 1.165) is 5.56 Å². The molecule has 0 saturated carbocycles. The Morgan fingerprint density at radius 2 is 2.14 bits per heavy atom. The summed E-state index contributed by atoms with van der Waals surface area (Å²) in [4.78, 5) is 0. The van der Waals surface area contributed by atoms with Crippen molar-refractivity contribution in [3.05, 3.63) is 29.6 Å². The van der Waals surface area contributed by atoms with Gasteiger partial charge in [0.25, 0.3) is 0 Å². The lowest BCUT2D eigenvalue weighted by Gasteiger charge is -2.13. The van der Waals surface area contributed by atoms with Crippen LogP contribution in [-0.2, 0) is 0 Å². The molecule has 0 amide bonds. The second-order valence-corrected chi connectivity index (χ2v) is 3.00. The zero-order valence-corrected chi connectivity index (χ0v) is 10.0. The molecule has 1 aromatic carbocycles. The van der Waals surface area contributed by atoms with Crippen LogP contribution in [0.2, 0.25) is 0 Å². The van der Waals surface area contributed by atoms with E-state index >= 15 is 0 Å². The van der Waals surface area contributed by atoms with Crippen molar-refractivity contribution in [3.8, 4) is 5.75 Å². The molecule has 0 saturated heterocycles. The molecule has 2 nitrogen and oxygen atoms in total. The van der Waals surface area contributed by atoms with E-state index in [1.807, 2.05) is 13.0 Å². The number of ether oxygens (including phenoxy) is 1. The zero-order chi connectivity index (χ0) is 9.84. The first kappa shape index (κ1) is 13.4. The highest BCUT2D eigenvalue weighted by molar-refractivity contribution is 8.93. The fraction of sp³-hybridized carbons (Fsp3) is 0.400. The van der Waals surface area contributed by atoms with Gasteiger partial charge in [0.2, 0.25) is 0 Å². The van der Waals surface area contributed by atoms with Crippen LogP contribution in [0.4, 0.5) is 4.39 Å². The molecule has 0 aliphatic carbocycles. The minimum atomic E-state index is -0.333. The van der Waals surface area contributed by atoms with E-state index < -0.39 is 0 Å². The first-order chi connectivity index (χ1) is 6.20. The van der Waals surface area contributed by atoms with Crippen LogP contribution in [0.1, 0.15) is 18.4 Å². The van der Waals surface area contributed by atoms with Crippen molar-refractivity contribution < 1.29 is 9.13 Å². The summed E-state index contributed by atoms with van der Waals surface area (Å²) in [5.41, 5.74) is 6.32. The molecule has 0 aliphatic heterocycles. The topological polar surface area (TPSA) is 35.2 Å². The van der Waals surface area contributed by atoms with Gasteiger partial charge in [-0.3, -0.25) is 0 Å². The molecule has 0 heterocycles. The average Bonchev–Trinajstić information content (AvgIpc) is 2.16. The van der Waals surface area contributed by atoms with Gasteiger partial charge in [-0.25, -0.2) is 4.39 Å². The van der Waals surface area contributed by atoms with Crippen molar-refractivity contribution in [1.82, 2.24) is 0 Å². The number of benzene rings is 1. The van der Waals surface area contributed by atoms with Crippen LogP contribution in [0.3, 0.4) is 0 Å². The van der Waals surface area contributed by atoms with Gasteiger partial charge in [-0.05, 0) is 18.5 Å². The molecule has 1 aromatic rings. The summed E-state index contributed by atoms with van der Waals surface area (Å²) in [5, 5.41) is 0. The first-order valence-corrected chi connectivity index (χ1v) is 4.23. The van der Waals surface area contributed by atoms with E-state index in [1.54, 1.807) is 6.07 Å². The van der Waals surface area contributed by atoms with Crippen molar-refractivity contribution in [1.29, 1.82) is 0 Å². The summed E-state index contributed by atoms with van der Waals surface area (Å²) >= 11 is 0. The lowest BCUT2D eigenvalue weighted by molar-refractivity contribution is 0.378. The molecular weight excluding hydrogens is 249 g/mol. The summed E-state index contributed by atoms with van der Waals surface area (Å²) in [6.45, 7) is 2.43. The molecule has 0 fully saturated rings. The van der Waals surface area contributed by atoms with Crippen LogP contribution in [0.5, 0.6) is 5.75 Å². The molecule has 2 N–H and O–H groups in total. The number of rotatable bonds is 3. The molecule has 0 aliphatic rings. The maximum atomic E-state index is 13.2. The van der Waals surface area contributed by atoms with Gasteiger partial charge in [-0.2, -0.15) is 0 Å². The zero-order valence-electron chi connectivity index (χ0n) is 8.29. The number of hydrogen-bond donors (Lipinski definition) is 1. The average molecular weight is 264 g/mol.